The smallest absolute Gasteiger partial charge is 0.256 e. The van der Waals surface area contributed by atoms with Crippen molar-refractivity contribution >= 4 is 29.2 Å². The Morgan fingerprint density at radius 3 is 2.86 bits per heavy atom. The zero-order valence-corrected chi connectivity index (χ0v) is 19.8. The molecule has 0 aliphatic carbocycles. The number of nitrogens with zero attached hydrogens (tertiary/aromatic N) is 3. The molecule has 0 saturated carbocycles. The number of nitrogens with one attached hydrogen (secondary N) is 3. The van der Waals surface area contributed by atoms with Gasteiger partial charge in [-0.05, 0) is 48.2 Å². The Bertz CT molecular complexity index is 1450. The van der Waals surface area contributed by atoms with Crippen molar-refractivity contribution in [2.45, 2.75) is 19.9 Å². The minimum Gasteiger partial charge on any atom is -0.396 e. The first-order valence-corrected chi connectivity index (χ1v) is 11.7. The largest absolute Gasteiger partial charge is 0.396 e. The first kappa shape index (κ1) is 23.3. The van der Waals surface area contributed by atoms with Crippen molar-refractivity contribution < 1.29 is 14.7 Å². The van der Waals surface area contributed by atoms with Crippen molar-refractivity contribution in [1.29, 1.82) is 0 Å². The van der Waals surface area contributed by atoms with Gasteiger partial charge in [-0.3, -0.25) is 14.3 Å². The average Bonchev–Trinajstić information content (AvgIpc) is 3.59. The number of aryl methyl sites for hydroxylation is 1. The molecule has 182 valence electrons. The van der Waals surface area contributed by atoms with Crippen molar-refractivity contribution in [1.82, 2.24) is 25.3 Å². The lowest BCUT2D eigenvalue weighted by molar-refractivity contribution is -0.110. The van der Waals surface area contributed by atoms with E-state index < -0.39 is 0 Å². The Morgan fingerprint density at radius 2 is 2.06 bits per heavy atom. The zero-order chi connectivity index (χ0) is 25.1. The highest BCUT2D eigenvalue weighted by Crippen LogP contribution is 2.40. The molecule has 1 aliphatic heterocycles. The van der Waals surface area contributed by atoms with Crippen molar-refractivity contribution in [3.8, 4) is 11.1 Å². The number of aliphatic hydroxyl groups excluding tert-OH is 1. The molecule has 4 aromatic rings. The first-order chi connectivity index (χ1) is 17.5. The molecule has 2 aromatic heterocycles. The van der Waals surface area contributed by atoms with Gasteiger partial charge < -0.3 is 20.7 Å². The summed E-state index contributed by atoms with van der Waals surface area (Å²) in [6.45, 7) is 2.83. The highest BCUT2D eigenvalue weighted by atomic mass is 16.3. The SMILES string of the molecule is Cc1cc(C(=O)NCCn2ccnn2)c(/C=C2\C(=O)Nc3cccc(-c4cccc(CCO)c4)c32)[nH]1. The molecule has 4 N–H and O–H groups in total. The highest BCUT2D eigenvalue weighted by Gasteiger charge is 2.28. The summed E-state index contributed by atoms with van der Waals surface area (Å²) in [7, 11) is 0. The van der Waals surface area contributed by atoms with Gasteiger partial charge in [-0.1, -0.05) is 41.6 Å². The second kappa shape index (κ2) is 10.0. The molecule has 5 rings (SSSR count). The molecule has 0 radical (unpaired) electrons. The van der Waals surface area contributed by atoms with Gasteiger partial charge in [0.15, 0.2) is 0 Å². The van der Waals surface area contributed by atoms with Gasteiger partial charge in [0.1, 0.15) is 0 Å². The summed E-state index contributed by atoms with van der Waals surface area (Å²) in [4.78, 5) is 29.2. The predicted molar refractivity (Wildman–Crippen MR) is 137 cm³/mol. The minimum absolute atomic E-state index is 0.0669. The fourth-order valence-electron chi connectivity index (χ4n) is 4.44. The van der Waals surface area contributed by atoms with Crippen LogP contribution in [0.5, 0.6) is 0 Å². The summed E-state index contributed by atoms with van der Waals surface area (Å²) in [6, 6.07) is 15.5. The third-order valence-corrected chi connectivity index (χ3v) is 6.08. The number of rotatable bonds is 8. The monoisotopic (exact) mass is 482 g/mol. The molecule has 9 heteroatoms. The third kappa shape index (κ3) is 4.69. The second-order valence-corrected chi connectivity index (χ2v) is 8.62. The van der Waals surface area contributed by atoms with E-state index in [1.165, 1.54) is 0 Å². The van der Waals surface area contributed by atoms with Crippen molar-refractivity contribution in [3.05, 3.63) is 89.0 Å². The van der Waals surface area contributed by atoms with Crippen LogP contribution in [0.4, 0.5) is 5.69 Å². The van der Waals surface area contributed by atoms with Crippen LogP contribution in [-0.2, 0) is 17.8 Å². The number of aromatic amines is 1. The Labute approximate surface area is 207 Å². The minimum atomic E-state index is -0.241. The number of hydrogen-bond donors (Lipinski definition) is 4. The number of anilines is 1. The van der Waals surface area contributed by atoms with Gasteiger partial charge in [0.05, 0.1) is 29.6 Å². The topological polar surface area (TPSA) is 125 Å². The number of aliphatic hydroxyl groups is 1. The van der Waals surface area contributed by atoms with Crippen LogP contribution in [0.2, 0.25) is 0 Å². The van der Waals surface area contributed by atoms with Crippen LogP contribution >= 0.6 is 0 Å². The molecule has 2 amide bonds. The second-order valence-electron chi connectivity index (χ2n) is 8.62. The van der Waals surface area contributed by atoms with E-state index in [2.05, 4.69) is 25.9 Å². The van der Waals surface area contributed by atoms with E-state index in [4.69, 9.17) is 0 Å². The van der Waals surface area contributed by atoms with E-state index in [9.17, 15) is 14.7 Å². The van der Waals surface area contributed by atoms with Gasteiger partial charge in [0, 0.05) is 36.3 Å². The predicted octanol–water partition coefficient (Wildman–Crippen LogP) is 3.04. The van der Waals surface area contributed by atoms with E-state index in [-0.39, 0.29) is 18.4 Å². The number of carbonyl (C=O) groups excluding carboxylic acids is 2. The molecular weight excluding hydrogens is 456 g/mol. The Morgan fingerprint density at radius 1 is 1.19 bits per heavy atom. The average molecular weight is 483 g/mol. The molecule has 9 nitrogen and oxygen atoms in total. The summed E-state index contributed by atoms with van der Waals surface area (Å²) in [5, 5.41) is 22.9. The summed E-state index contributed by atoms with van der Waals surface area (Å²) in [5.41, 5.74) is 6.69. The van der Waals surface area contributed by atoms with Gasteiger partial charge in [-0.15, -0.1) is 5.10 Å². The summed E-state index contributed by atoms with van der Waals surface area (Å²) in [6.07, 6.45) is 5.61. The molecule has 0 fully saturated rings. The summed E-state index contributed by atoms with van der Waals surface area (Å²) < 4.78 is 1.64. The summed E-state index contributed by atoms with van der Waals surface area (Å²) >= 11 is 0. The number of hydrogen-bond acceptors (Lipinski definition) is 5. The summed E-state index contributed by atoms with van der Waals surface area (Å²) in [5.74, 6) is -0.469. The molecule has 0 saturated heterocycles. The molecule has 0 spiro atoms. The van der Waals surface area contributed by atoms with Gasteiger partial charge in [-0.25, -0.2) is 0 Å². The first-order valence-electron chi connectivity index (χ1n) is 11.7. The van der Waals surface area contributed by atoms with Gasteiger partial charge >= 0.3 is 0 Å². The molecule has 3 heterocycles. The molecule has 0 unspecified atom stereocenters. The van der Waals surface area contributed by atoms with E-state index in [1.807, 2.05) is 49.4 Å². The Hall–Kier alpha value is -4.50. The Balaban J connectivity index is 1.48. The van der Waals surface area contributed by atoms with E-state index >= 15 is 0 Å². The molecule has 0 bridgehead atoms. The normalized spacial score (nSPS) is 13.6. The molecule has 2 aromatic carbocycles. The van der Waals surface area contributed by atoms with Crippen LogP contribution in [0.25, 0.3) is 22.8 Å². The van der Waals surface area contributed by atoms with Crippen LogP contribution in [0, 0.1) is 6.92 Å². The maximum absolute atomic E-state index is 13.0. The van der Waals surface area contributed by atoms with Crippen LogP contribution in [0.15, 0.2) is 60.9 Å². The molecular formula is C27H26N6O3. The van der Waals surface area contributed by atoms with Gasteiger partial charge in [-0.2, -0.15) is 0 Å². The number of aromatic nitrogens is 4. The molecule has 0 atom stereocenters. The van der Waals surface area contributed by atoms with E-state index in [0.717, 1.165) is 33.6 Å². The fraction of sp³-hybridized carbons (Fsp3) is 0.185. The van der Waals surface area contributed by atoms with Crippen LogP contribution in [-0.4, -0.2) is 50.1 Å². The van der Waals surface area contributed by atoms with E-state index in [0.29, 0.717) is 36.3 Å². The lowest BCUT2D eigenvalue weighted by Crippen LogP contribution is -2.27. The molecule has 36 heavy (non-hydrogen) atoms. The lowest BCUT2D eigenvalue weighted by atomic mass is 9.93. The van der Waals surface area contributed by atoms with E-state index in [1.54, 1.807) is 29.2 Å². The Kier molecular flexibility index (Phi) is 6.46. The number of benzene rings is 2. The van der Waals surface area contributed by atoms with Crippen molar-refractivity contribution in [3.63, 3.8) is 0 Å². The number of amides is 2. The van der Waals surface area contributed by atoms with Crippen molar-refractivity contribution in [2.75, 3.05) is 18.5 Å². The van der Waals surface area contributed by atoms with Gasteiger partial charge in [0.25, 0.3) is 11.8 Å². The maximum atomic E-state index is 13.0. The highest BCUT2D eigenvalue weighted by molar-refractivity contribution is 6.36. The standard InChI is InChI=1S/C27H26N6O3/c1-17-14-21(26(35)28-9-11-33-12-10-29-32-33)24(30-17)16-22-25-20(6-3-7-23(25)31-27(22)36)19-5-2-4-18(15-19)8-13-34/h2-7,10,12,14-16,30,34H,8-9,11,13H2,1H3,(H,28,35)(H,31,36)/b22-16-. The zero-order valence-electron chi connectivity index (χ0n) is 19.8. The number of fused-ring (bicyclic) bond motifs is 1. The third-order valence-electron chi connectivity index (χ3n) is 6.08. The quantitative estimate of drug-likeness (QED) is 0.287. The van der Waals surface area contributed by atoms with Crippen molar-refractivity contribution in [2.24, 2.45) is 0 Å². The van der Waals surface area contributed by atoms with Crippen LogP contribution in [0.1, 0.15) is 32.9 Å². The number of H-pyrrole nitrogens is 1. The number of carbonyl (C=O) groups is 2. The maximum Gasteiger partial charge on any atom is 0.256 e. The lowest BCUT2D eigenvalue weighted by Gasteiger charge is -2.10. The molecule has 1 aliphatic rings. The van der Waals surface area contributed by atoms with Crippen LogP contribution in [0.3, 0.4) is 0 Å². The van der Waals surface area contributed by atoms with Crippen LogP contribution < -0.4 is 10.6 Å². The fourth-order valence-corrected chi connectivity index (χ4v) is 4.44. The van der Waals surface area contributed by atoms with Gasteiger partial charge in [0.2, 0.25) is 0 Å².